The summed E-state index contributed by atoms with van der Waals surface area (Å²) in [5, 5.41) is 1.86. The van der Waals surface area contributed by atoms with Crippen molar-refractivity contribution in [3.63, 3.8) is 0 Å². The smallest absolute Gasteiger partial charge is 0.338 e. The van der Waals surface area contributed by atoms with Gasteiger partial charge < -0.3 is 14.2 Å². The molecule has 3 aromatic carbocycles. The first kappa shape index (κ1) is 18.8. The van der Waals surface area contributed by atoms with Gasteiger partial charge in [0.2, 0.25) is 0 Å². The number of carbonyl (C=O) groups is 1. The third-order valence-corrected chi connectivity index (χ3v) is 3.99. The number of methoxy groups -OCH3 is 1. The Labute approximate surface area is 159 Å². The first-order chi connectivity index (χ1) is 12.9. The monoisotopic (exact) mass is 364 g/mol. The van der Waals surface area contributed by atoms with Crippen molar-refractivity contribution in [1.82, 2.24) is 0 Å². The summed E-state index contributed by atoms with van der Waals surface area (Å²) in [5.41, 5.74) is 1.07. The number of carbonyl (C=O) groups excluding carboxylic acids is 1. The number of esters is 1. The maximum absolute atomic E-state index is 12.3. The largest absolute Gasteiger partial charge is 0.493 e. The quantitative estimate of drug-likeness (QED) is 0.570. The van der Waals surface area contributed by atoms with Gasteiger partial charge in [0.15, 0.2) is 11.5 Å². The molecule has 27 heavy (non-hydrogen) atoms. The van der Waals surface area contributed by atoms with Crippen LogP contribution in [-0.4, -0.2) is 18.7 Å². The Bertz CT molecular complexity index is 940. The second-order valence-corrected chi connectivity index (χ2v) is 7.34. The molecule has 140 valence electrons. The van der Waals surface area contributed by atoms with Crippen molar-refractivity contribution in [2.45, 2.75) is 33.0 Å². The van der Waals surface area contributed by atoms with Crippen LogP contribution in [0, 0.1) is 0 Å². The fourth-order valence-corrected chi connectivity index (χ4v) is 2.73. The van der Waals surface area contributed by atoms with Crippen LogP contribution < -0.4 is 9.47 Å². The summed E-state index contributed by atoms with van der Waals surface area (Å²) in [6, 6.07) is 19.2. The predicted octanol–water partition coefficient (Wildman–Crippen LogP) is 5.38. The van der Waals surface area contributed by atoms with Gasteiger partial charge in [-0.2, -0.15) is 0 Å². The van der Waals surface area contributed by atoms with E-state index in [1.54, 1.807) is 13.2 Å². The van der Waals surface area contributed by atoms with Gasteiger partial charge in [-0.05, 0) is 61.4 Å². The van der Waals surface area contributed by atoms with E-state index in [0.29, 0.717) is 23.7 Å². The van der Waals surface area contributed by atoms with Crippen molar-refractivity contribution >= 4 is 16.7 Å². The van der Waals surface area contributed by atoms with Crippen LogP contribution in [0.15, 0.2) is 60.7 Å². The zero-order chi connectivity index (χ0) is 19.4. The number of fused-ring (bicyclic) bond motifs is 1. The van der Waals surface area contributed by atoms with Crippen LogP contribution in [0.4, 0.5) is 0 Å². The molecule has 0 N–H and O–H groups in total. The number of hydrogen-bond donors (Lipinski definition) is 0. The van der Waals surface area contributed by atoms with Crippen LogP contribution >= 0.6 is 0 Å². The Kier molecular flexibility index (Phi) is 5.36. The molecule has 0 radical (unpaired) electrons. The van der Waals surface area contributed by atoms with Crippen molar-refractivity contribution in [1.29, 1.82) is 0 Å². The Hall–Kier alpha value is -3.01. The van der Waals surface area contributed by atoms with Crippen LogP contribution in [0.3, 0.4) is 0 Å². The van der Waals surface area contributed by atoms with Gasteiger partial charge in [0.1, 0.15) is 12.2 Å². The zero-order valence-electron chi connectivity index (χ0n) is 16.1. The number of hydrogen-bond acceptors (Lipinski definition) is 4. The molecule has 0 spiro atoms. The van der Waals surface area contributed by atoms with Gasteiger partial charge in [-0.3, -0.25) is 0 Å². The molecule has 0 saturated heterocycles. The molecule has 0 aliphatic carbocycles. The maximum Gasteiger partial charge on any atom is 0.338 e. The minimum Gasteiger partial charge on any atom is -0.493 e. The van der Waals surface area contributed by atoms with E-state index in [2.05, 4.69) is 0 Å². The second kappa shape index (κ2) is 7.70. The number of benzene rings is 3. The minimum atomic E-state index is -0.529. The van der Waals surface area contributed by atoms with E-state index in [4.69, 9.17) is 14.2 Å². The highest BCUT2D eigenvalue weighted by atomic mass is 16.6. The lowest BCUT2D eigenvalue weighted by atomic mass is 10.1. The molecule has 0 fully saturated rings. The number of ether oxygens (including phenoxy) is 3. The van der Waals surface area contributed by atoms with Crippen LogP contribution in [0.25, 0.3) is 10.8 Å². The Morgan fingerprint density at radius 3 is 2.26 bits per heavy atom. The summed E-state index contributed by atoms with van der Waals surface area (Å²) in [7, 11) is 1.61. The van der Waals surface area contributed by atoms with E-state index < -0.39 is 5.60 Å². The SMILES string of the molecule is COc1cc2cc(C(=O)OC(C)(C)C)ccc2cc1OCc1ccccc1. The van der Waals surface area contributed by atoms with Gasteiger partial charge in [0.05, 0.1) is 12.7 Å². The molecule has 0 atom stereocenters. The van der Waals surface area contributed by atoms with Crippen molar-refractivity contribution in [3.05, 3.63) is 71.8 Å². The van der Waals surface area contributed by atoms with Gasteiger partial charge >= 0.3 is 5.97 Å². The molecule has 3 rings (SSSR count). The van der Waals surface area contributed by atoms with E-state index in [9.17, 15) is 4.79 Å². The summed E-state index contributed by atoms with van der Waals surface area (Å²) in [5.74, 6) is 0.950. The molecular weight excluding hydrogens is 340 g/mol. The highest BCUT2D eigenvalue weighted by Crippen LogP contribution is 2.33. The van der Waals surface area contributed by atoms with Gasteiger partial charge in [-0.1, -0.05) is 36.4 Å². The highest BCUT2D eigenvalue weighted by molar-refractivity contribution is 5.96. The third kappa shape index (κ3) is 4.79. The topological polar surface area (TPSA) is 44.8 Å². The average Bonchev–Trinajstić information content (AvgIpc) is 2.64. The molecular formula is C23H24O4. The highest BCUT2D eigenvalue weighted by Gasteiger charge is 2.18. The van der Waals surface area contributed by atoms with Crippen LogP contribution in [-0.2, 0) is 11.3 Å². The maximum atomic E-state index is 12.3. The normalized spacial score (nSPS) is 11.3. The summed E-state index contributed by atoms with van der Waals surface area (Å²) in [6.45, 7) is 6.01. The van der Waals surface area contributed by atoms with Crippen LogP contribution in [0.2, 0.25) is 0 Å². The summed E-state index contributed by atoms with van der Waals surface area (Å²) < 4.78 is 16.9. The Morgan fingerprint density at radius 2 is 1.59 bits per heavy atom. The van der Waals surface area contributed by atoms with Crippen molar-refractivity contribution < 1.29 is 19.0 Å². The van der Waals surface area contributed by atoms with Gasteiger partial charge in [-0.25, -0.2) is 4.79 Å². The molecule has 0 bridgehead atoms. The van der Waals surface area contributed by atoms with E-state index in [1.165, 1.54) is 0 Å². The molecule has 0 saturated carbocycles. The first-order valence-electron chi connectivity index (χ1n) is 8.87. The fraction of sp³-hybridized carbons (Fsp3) is 0.261. The van der Waals surface area contributed by atoms with E-state index in [0.717, 1.165) is 16.3 Å². The van der Waals surface area contributed by atoms with Crippen molar-refractivity contribution in [3.8, 4) is 11.5 Å². The van der Waals surface area contributed by atoms with Crippen LogP contribution in [0.1, 0.15) is 36.7 Å². The van der Waals surface area contributed by atoms with Crippen molar-refractivity contribution in [2.24, 2.45) is 0 Å². The van der Waals surface area contributed by atoms with Gasteiger partial charge in [0, 0.05) is 0 Å². The lowest BCUT2D eigenvalue weighted by Crippen LogP contribution is -2.23. The second-order valence-electron chi connectivity index (χ2n) is 7.34. The fourth-order valence-electron chi connectivity index (χ4n) is 2.73. The van der Waals surface area contributed by atoms with Crippen molar-refractivity contribution in [2.75, 3.05) is 7.11 Å². The molecule has 0 aromatic heterocycles. The third-order valence-electron chi connectivity index (χ3n) is 3.99. The molecule has 0 amide bonds. The van der Waals surface area contributed by atoms with Gasteiger partial charge in [0.25, 0.3) is 0 Å². The van der Waals surface area contributed by atoms with E-state index in [-0.39, 0.29) is 5.97 Å². The summed E-state index contributed by atoms with van der Waals surface area (Å²) in [6.07, 6.45) is 0. The minimum absolute atomic E-state index is 0.340. The number of rotatable bonds is 5. The Balaban J connectivity index is 1.87. The van der Waals surface area contributed by atoms with Gasteiger partial charge in [-0.15, -0.1) is 0 Å². The molecule has 0 unspecified atom stereocenters. The lowest BCUT2D eigenvalue weighted by molar-refractivity contribution is 0.00697. The lowest BCUT2D eigenvalue weighted by Gasteiger charge is -2.19. The standard InChI is InChI=1S/C23H24O4/c1-23(2,3)27-22(24)18-11-10-17-13-21(20(25-4)14-19(17)12-18)26-15-16-8-6-5-7-9-16/h5-14H,15H2,1-4H3. The Morgan fingerprint density at radius 1 is 0.889 bits per heavy atom. The molecule has 3 aromatic rings. The zero-order valence-corrected chi connectivity index (χ0v) is 16.1. The molecule has 0 heterocycles. The first-order valence-corrected chi connectivity index (χ1v) is 8.87. The molecule has 0 aliphatic heterocycles. The van der Waals surface area contributed by atoms with E-state index >= 15 is 0 Å². The predicted molar refractivity (Wildman–Crippen MR) is 106 cm³/mol. The summed E-state index contributed by atoms with van der Waals surface area (Å²) >= 11 is 0. The molecule has 4 nitrogen and oxygen atoms in total. The van der Waals surface area contributed by atoms with E-state index in [1.807, 2.05) is 75.4 Å². The molecule has 4 heteroatoms. The average molecular weight is 364 g/mol. The van der Waals surface area contributed by atoms with Crippen LogP contribution in [0.5, 0.6) is 11.5 Å². The molecule has 0 aliphatic rings. The summed E-state index contributed by atoms with van der Waals surface area (Å²) in [4.78, 5) is 12.3.